The van der Waals surface area contributed by atoms with Gasteiger partial charge in [-0.2, -0.15) is 10.2 Å². The topological polar surface area (TPSA) is 62.3 Å². The first-order valence-corrected chi connectivity index (χ1v) is 7.98. The Balaban J connectivity index is 1.85. The van der Waals surface area contributed by atoms with Crippen molar-refractivity contribution in [3.05, 3.63) is 44.8 Å². The minimum atomic E-state index is 0.462. The summed E-state index contributed by atoms with van der Waals surface area (Å²) in [6.07, 6.45) is 2.41. The van der Waals surface area contributed by atoms with Gasteiger partial charge in [-0.3, -0.25) is 14.8 Å². The molecule has 1 aliphatic rings. The third kappa shape index (κ3) is 2.47. The quantitative estimate of drug-likeness (QED) is 0.682. The molecule has 1 aliphatic carbocycles. The van der Waals surface area contributed by atoms with Gasteiger partial charge in [0.25, 0.3) is 0 Å². The van der Waals surface area contributed by atoms with Crippen molar-refractivity contribution < 1.29 is 0 Å². The Morgan fingerprint density at radius 1 is 1.05 bits per heavy atom. The molecule has 22 heavy (non-hydrogen) atoms. The Labute approximate surface area is 141 Å². The van der Waals surface area contributed by atoms with Crippen LogP contribution in [-0.4, -0.2) is 25.0 Å². The van der Waals surface area contributed by atoms with E-state index in [1.807, 2.05) is 6.07 Å². The van der Waals surface area contributed by atoms with Gasteiger partial charge < -0.3 is 0 Å². The van der Waals surface area contributed by atoms with Crippen molar-refractivity contribution in [2.75, 3.05) is 0 Å². The summed E-state index contributed by atoms with van der Waals surface area (Å²) in [7, 11) is 0. The smallest absolute Gasteiger partial charge is 0.200 e. The fourth-order valence-electron chi connectivity index (χ4n) is 2.43. The van der Waals surface area contributed by atoms with E-state index in [4.69, 9.17) is 35.4 Å². The van der Waals surface area contributed by atoms with Gasteiger partial charge in [0, 0.05) is 21.7 Å². The predicted molar refractivity (Wildman–Crippen MR) is 88.3 cm³/mol. The molecule has 0 saturated heterocycles. The maximum atomic E-state index is 6.09. The lowest BCUT2D eigenvalue weighted by atomic mass is 10.2. The van der Waals surface area contributed by atoms with Gasteiger partial charge in [-0.15, -0.1) is 0 Å². The van der Waals surface area contributed by atoms with Crippen LogP contribution in [0.5, 0.6) is 0 Å². The summed E-state index contributed by atoms with van der Waals surface area (Å²) in [6.45, 7) is 0. The number of halogens is 2. The van der Waals surface area contributed by atoms with Crippen molar-refractivity contribution in [3.63, 3.8) is 0 Å². The van der Waals surface area contributed by atoms with Crippen molar-refractivity contribution in [2.24, 2.45) is 0 Å². The molecule has 2 aromatic heterocycles. The monoisotopic (exact) mass is 351 g/mol. The fraction of sp³-hybridized carbons (Fsp3) is 0.214. The van der Waals surface area contributed by atoms with Crippen LogP contribution in [0.4, 0.5) is 0 Å². The highest BCUT2D eigenvalue weighted by Crippen LogP contribution is 2.40. The molecule has 2 heterocycles. The SMILES string of the molecule is S=c1[nH]nc(-c2cc(C3CC3)[nH]n2)n1-c1cc(Cl)cc(Cl)c1. The molecule has 0 aliphatic heterocycles. The summed E-state index contributed by atoms with van der Waals surface area (Å²) >= 11 is 17.5. The van der Waals surface area contributed by atoms with Gasteiger partial charge in [-0.1, -0.05) is 23.2 Å². The summed E-state index contributed by atoms with van der Waals surface area (Å²) in [5, 5.41) is 15.6. The molecule has 1 fully saturated rings. The maximum absolute atomic E-state index is 6.09. The number of H-pyrrole nitrogens is 2. The second kappa shape index (κ2) is 5.22. The van der Waals surface area contributed by atoms with Crippen LogP contribution < -0.4 is 0 Å². The third-order valence-electron chi connectivity index (χ3n) is 3.62. The molecular weight excluding hydrogens is 341 g/mol. The average Bonchev–Trinajstić information content (AvgIpc) is 3.06. The number of benzene rings is 1. The second-order valence-electron chi connectivity index (χ2n) is 5.30. The molecule has 0 bridgehead atoms. The summed E-state index contributed by atoms with van der Waals surface area (Å²) in [5.74, 6) is 1.23. The van der Waals surface area contributed by atoms with Crippen molar-refractivity contribution in [2.45, 2.75) is 18.8 Å². The Hall–Kier alpha value is -1.63. The zero-order valence-electron chi connectivity index (χ0n) is 11.3. The molecule has 0 atom stereocenters. The molecule has 8 heteroatoms. The molecule has 1 aromatic carbocycles. The Kier molecular flexibility index (Phi) is 3.32. The lowest BCUT2D eigenvalue weighted by Gasteiger charge is -2.06. The summed E-state index contributed by atoms with van der Waals surface area (Å²) < 4.78 is 2.24. The van der Waals surface area contributed by atoms with Gasteiger partial charge in [0.1, 0.15) is 5.69 Å². The highest BCUT2D eigenvalue weighted by molar-refractivity contribution is 7.71. The van der Waals surface area contributed by atoms with Gasteiger partial charge in [-0.25, -0.2) is 0 Å². The summed E-state index contributed by atoms with van der Waals surface area (Å²) in [6, 6.07) is 7.27. The van der Waals surface area contributed by atoms with E-state index >= 15 is 0 Å². The van der Waals surface area contributed by atoms with Crippen LogP contribution in [0.25, 0.3) is 17.2 Å². The highest BCUT2D eigenvalue weighted by Gasteiger charge is 2.26. The van der Waals surface area contributed by atoms with Crippen molar-refractivity contribution in [3.8, 4) is 17.2 Å². The average molecular weight is 352 g/mol. The van der Waals surface area contributed by atoms with E-state index in [0.29, 0.717) is 26.6 Å². The van der Waals surface area contributed by atoms with E-state index in [1.54, 1.807) is 22.8 Å². The van der Waals surface area contributed by atoms with Crippen molar-refractivity contribution >= 4 is 35.4 Å². The number of nitrogens with one attached hydrogen (secondary N) is 2. The van der Waals surface area contributed by atoms with E-state index in [1.165, 1.54) is 12.8 Å². The molecule has 4 rings (SSSR count). The van der Waals surface area contributed by atoms with Gasteiger partial charge in [0.05, 0.1) is 5.69 Å². The molecular formula is C14H11Cl2N5S. The largest absolute Gasteiger partial charge is 0.282 e. The number of hydrogen-bond acceptors (Lipinski definition) is 3. The number of aromatic nitrogens is 5. The Morgan fingerprint density at radius 3 is 2.45 bits per heavy atom. The van der Waals surface area contributed by atoms with Crippen LogP contribution in [0.3, 0.4) is 0 Å². The van der Waals surface area contributed by atoms with Gasteiger partial charge in [0.15, 0.2) is 10.6 Å². The third-order valence-corrected chi connectivity index (χ3v) is 4.33. The Bertz CT molecular complexity index is 886. The lowest BCUT2D eigenvalue weighted by Crippen LogP contribution is -1.98. The second-order valence-corrected chi connectivity index (χ2v) is 6.56. The van der Waals surface area contributed by atoms with Crippen LogP contribution in [-0.2, 0) is 0 Å². The van der Waals surface area contributed by atoms with Crippen molar-refractivity contribution in [1.82, 2.24) is 25.0 Å². The summed E-state index contributed by atoms with van der Waals surface area (Å²) in [5.41, 5.74) is 2.63. The van der Waals surface area contributed by atoms with Crippen LogP contribution in [0.15, 0.2) is 24.3 Å². The van der Waals surface area contributed by atoms with E-state index in [-0.39, 0.29) is 0 Å². The van der Waals surface area contributed by atoms with Crippen LogP contribution in [0.2, 0.25) is 10.0 Å². The minimum Gasteiger partial charge on any atom is -0.282 e. The van der Waals surface area contributed by atoms with E-state index in [2.05, 4.69) is 20.4 Å². The molecule has 0 radical (unpaired) electrons. The first-order chi connectivity index (χ1) is 10.6. The number of rotatable bonds is 3. The van der Waals surface area contributed by atoms with E-state index < -0.39 is 0 Å². The van der Waals surface area contributed by atoms with Gasteiger partial charge in [-0.05, 0) is 49.3 Å². The molecule has 1 saturated carbocycles. The standard InChI is InChI=1S/C14H11Cl2N5S/c15-8-3-9(16)5-10(4-8)21-13(19-20-14(21)22)12-6-11(17-18-12)7-1-2-7/h3-7H,1-2H2,(H,17,18)(H,20,22). The Morgan fingerprint density at radius 2 is 1.77 bits per heavy atom. The molecule has 0 amide bonds. The molecule has 112 valence electrons. The highest BCUT2D eigenvalue weighted by atomic mass is 35.5. The molecule has 5 nitrogen and oxygen atoms in total. The normalized spacial score (nSPS) is 14.5. The number of aromatic amines is 2. The zero-order chi connectivity index (χ0) is 15.3. The van der Waals surface area contributed by atoms with E-state index in [0.717, 1.165) is 17.1 Å². The van der Waals surface area contributed by atoms with Crippen LogP contribution in [0.1, 0.15) is 24.5 Å². The first-order valence-electron chi connectivity index (χ1n) is 6.81. The maximum Gasteiger partial charge on any atom is 0.200 e. The van der Waals surface area contributed by atoms with Crippen molar-refractivity contribution in [1.29, 1.82) is 0 Å². The van der Waals surface area contributed by atoms with Gasteiger partial charge in [0.2, 0.25) is 0 Å². The minimum absolute atomic E-state index is 0.462. The predicted octanol–water partition coefficient (Wildman–Crippen LogP) is 4.50. The molecule has 3 aromatic rings. The molecule has 0 spiro atoms. The van der Waals surface area contributed by atoms with Gasteiger partial charge >= 0.3 is 0 Å². The van der Waals surface area contributed by atoms with Crippen LogP contribution in [0, 0.1) is 4.77 Å². The molecule has 0 unspecified atom stereocenters. The first kappa shape index (κ1) is 14.0. The molecule has 2 N–H and O–H groups in total. The fourth-order valence-corrected chi connectivity index (χ4v) is 3.18. The van der Waals surface area contributed by atoms with Crippen LogP contribution >= 0.6 is 35.4 Å². The number of nitrogens with zero attached hydrogens (tertiary/aromatic N) is 3. The zero-order valence-corrected chi connectivity index (χ0v) is 13.6. The van der Waals surface area contributed by atoms with E-state index in [9.17, 15) is 0 Å². The summed E-state index contributed by atoms with van der Waals surface area (Å²) in [4.78, 5) is 0. The number of hydrogen-bond donors (Lipinski definition) is 2. The lowest BCUT2D eigenvalue weighted by molar-refractivity contribution is 0.958.